The van der Waals surface area contributed by atoms with Gasteiger partial charge in [-0.1, -0.05) is 30.3 Å². The third-order valence-corrected chi connectivity index (χ3v) is 5.27. The van der Waals surface area contributed by atoms with Gasteiger partial charge in [0.25, 0.3) is 0 Å². The van der Waals surface area contributed by atoms with Crippen molar-refractivity contribution in [2.24, 2.45) is 0 Å². The molecule has 0 aromatic heterocycles. The lowest BCUT2D eigenvalue weighted by Gasteiger charge is -2.26. The molecule has 0 aliphatic carbocycles. The van der Waals surface area contributed by atoms with E-state index in [2.05, 4.69) is 6.07 Å². The van der Waals surface area contributed by atoms with E-state index < -0.39 is 0 Å². The number of rotatable bonds is 4. The number of carbonyl (C=O) groups excluding carboxylic acids is 2. The predicted octanol–water partition coefficient (Wildman–Crippen LogP) is 2.92. The van der Waals surface area contributed by atoms with Crippen LogP contribution in [0.1, 0.15) is 12.5 Å². The molecule has 2 heterocycles. The Balaban J connectivity index is 1.50. The lowest BCUT2D eigenvalue weighted by Crippen LogP contribution is -2.44. The third kappa shape index (κ3) is 3.01. The summed E-state index contributed by atoms with van der Waals surface area (Å²) in [6.45, 7) is 3.19. The van der Waals surface area contributed by atoms with Gasteiger partial charge in [0.05, 0.1) is 12.8 Å². The molecule has 0 N–H and O–H groups in total. The molecular formula is C21H23N3O3. The maximum atomic E-state index is 13.0. The minimum Gasteiger partial charge on any atom is -0.495 e. The fourth-order valence-electron chi connectivity index (χ4n) is 3.99. The third-order valence-electron chi connectivity index (χ3n) is 5.27. The molecule has 1 fully saturated rings. The number of hydrogen-bond acceptors (Lipinski definition) is 3. The predicted molar refractivity (Wildman–Crippen MR) is 104 cm³/mol. The molecule has 2 aliphatic rings. The van der Waals surface area contributed by atoms with Gasteiger partial charge >= 0.3 is 6.03 Å². The van der Waals surface area contributed by atoms with Crippen molar-refractivity contribution in [2.45, 2.75) is 19.4 Å². The molecule has 6 nitrogen and oxygen atoms in total. The first-order valence-electron chi connectivity index (χ1n) is 9.19. The van der Waals surface area contributed by atoms with Gasteiger partial charge in [-0.05, 0) is 37.1 Å². The summed E-state index contributed by atoms with van der Waals surface area (Å²) in [5.41, 5.74) is 2.88. The molecule has 0 radical (unpaired) electrons. The number of ether oxygens (including phenoxy) is 1. The van der Waals surface area contributed by atoms with E-state index in [1.807, 2.05) is 54.3 Å². The Labute approximate surface area is 158 Å². The van der Waals surface area contributed by atoms with Crippen LogP contribution in [0.2, 0.25) is 0 Å². The first-order valence-corrected chi connectivity index (χ1v) is 9.19. The van der Waals surface area contributed by atoms with E-state index in [0.29, 0.717) is 18.8 Å². The lowest BCUT2D eigenvalue weighted by molar-refractivity contribution is -0.119. The highest BCUT2D eigenvalue weighted by Gasteiger charge is 2.36. The highest BCUT2D eigenvalue weighted by atomic mass is 16.5. The van der Waals surface area contributed by atoms with Crippen LogP contribution in [0.3, 0.4) is 0 Å². The van der Waals surface area contributed by atoms with Gasteiger partial charge in [0, 0.05) is 24.8 Å². The molecule has 3 amide bonds. The quantitative estimate of drug-likeness (QED) is 0.837. The van der Waals surface area contributed by atoms with Crippen molar-refractivity contribution in [3.8, 4) is 5.75 Å². The normalized spacial score (nSPS) is 18.8. The molecule has 0 spiro atoms. The molecule has 140 valence electrons. The number of carbonyl (C=O) groups is 2. The average molecular weight is 365 g/mol. The van der Waals surface area contributed by atoms with Gasteiger partial charge in [-0.25, -0.2) is 4.79 Å². The largest absolute Gasteiger partial charge is 0.495 e. The van der Waals surface area contributed by atoms with E-state index in [1.54, 1.807) is 16.9 Å². The highest BCUT2D eigenvalue weighted by Crippen LogP contribution is 2.33. The van der Waals surface area contributed by atoms with Crippen molar-refractivity contribution in [3.05, 3.63) is 54.1 Å². The molecule has 6 heteroatoms. The molecule has 0 bridgehead atoms. The van der Waals surface area contributed by atoms with Crippen LogP contribution in [-0.4, -0.2) is 49.6 Å². The van der Waals surface area contributed by atoms with Gasteiger partial charge in [-0.2, -0.15) is 0 Å². The van der Waals surface area contributed by atoms with Gasteiger partial charge in [0.2, 0.25) is 5.91 Å². The molecule has 1 atom stereocenters. The Hall–Kier alpha value is -3.02. The second kappa shape index (κ2) is 6.95. The number of urea groups is 1. The van der Waals surface area contributed by atoms with Crippen molar-refractivity contribution >= 4 is 23.3 Å². The Bertz CT molecular complexity index is 882. The zero-order chi connectivity index (χ0) is 19.0. The van der Waals surface area contributed by atoms with Crippen LogP contribution in [0.5, 0.6) is 5.75 Å². The Morgan fingerprint density at radius 3 is 2.56 bits per heavy atom. The van der Waals surface area contributed by atoms with Crippen molar-refractivity contribution < 1.29 is 14.3 Å². The van der Waals surface area contributed by atoms with Gasteiger partial charge in [-0.3, -0.25) is 9.69 Å². The van der Waals surface area contributed by atoms with E-state index in [-0.39, 0.29) is 24.5 Å². The highest BCUT2D eigenvalue weighted by molar-refractivity contribution is 6.02. The molecule has 0 saturated carbocycles. The number of anilines is 2. The minimum absolute atomic E-state index is 0.0392. The molecule has 1 saturated heterocycles. The van der Waals surface area contributed by atoms with E-state index >= 15 is 0 Å². The van der Waals surface area contributed by atoms with Crippen molar-refractivity contribution in [1.29, 1.82) is 0 Å². The number of amides is 3. The summed E-state index contributed by atoms with van der Waals surface area (Å²) < 4.78 is 5.37. The Kier molecular flexibility index (Phi) is 4.48. The number of para-hydroxylation sites is 3. The minimum atomic E-state index is -0.159. The van der Waals surface area contributed by atoms with Gasteiger partial charge in [-0.15, -0.1) is 0 Å². The number of benzene rings is 2. The summed E-state index contributed by atoms with van der Waals surface area (Å²) in [5.74, 6) is 0.615. The topological polar surface area (TPSA) is 53.1 Å². The van der Waals surface area contributed by atoms with Crippen molar-refractivity contribution in [2.75, 3.05) is 36.5 Å². The molecule has 27 heavy (non-hydrogen) atoms. The average Bonchev–Trinajstić information content (AvgIpc) is 3.20. The van der Waals surface area contributed by atoms with E-state index in [0.717, 1.165) is 17.8 Å². The second-order valence-corrected chi connectivity index (χ2v) is 6.97. The zero-order valence-electron chi connectivity index (χ0n) is 15.6. The zero-order valence-corrected chi connectivity index (χ0v) is 15.6. The molecule has 4 rings (SSSR count). The maximum absolute atomic E-state index is 13.0. The summed E-state index contributed by atoms with van der Waals surface area (Å²) in [7, 11) is 1.59. The Morgan fingerprint density at radius 2 is 1.78 bits per heavy atom. The van der Waals surface area contributed by atoms with Crippen molar-refractivity contribution in [1.82, 2.24) is 4.90 Å². The summed E-state index contributed by atoms with van der Waals surface area (Å²) in [6.07, 6.45) is 0.850. The van der Waals surface area contributed by atoms with E-state index in [9.17, 15) is 9.59 Å². The SMILES string of the molecule is COc1ccccc1N1CCN(CC(=O)N2c3ccccc3CC2C)C1=O. The van der Waals surface area contributed by atoms with Crippen LogP contribution in [0.15, 0.2) is 48.5 Å². The standard InChI is InChI=1S/C21H23N3O3/c1-15-13-16-7-3-4-8-17(16)24(15)20(25)14-22-11-12-23(21(22)26)18-9-5-6-10-19(18)27-2/h3-10,15H,11-14H2,1-2H3. The number of methoxy groups -OCH3 is 1. The maximum Gasteiger partial charge on any atom is 0.325 e. The first-order chi connectivity index (χ1) is 13.1. The van der Waals surface area contributed by atoms with Crippen LogP contribution in [-0.2, 0) is 11.2 Å². The molecule has 2 aromatic rings. The molecule has 2 aliphatic heterocycles. The molecular weight excluding hydrogens is 342 g/mol. The fourth-order valence-corrected chi connectivity index (χ4v) is 3.99. The van der Waals surface area contributed by atoms with Crippen LogP contribution in [0.25, 0.3) is 0 Å². The van der Waals surface area contributed by atoms with E-state index in [1.165, 1.54) is 5.56 Å². The van der Waals surface area contributed by atoms with Gasteiger partial charge < -0.3 is 14.5 Å². The lowest BCUT2D eigenvalue weighted by atomic mass is 10.1. The summed E-state index contributed by atoms with van der Waals surface area (Å²) in [5, 5.41) is 0. The number of fused-ring (bicyclic) bond motifs is 1. The first kappa shape index (κ1) is 17.4. The summed E-state index contributed by atoms with van der Waals surface area (Å²) in [6, 6.07) is 15.4. The van der Waals surface area contributed by atoms with E-state index in [4.69, 9.17) is 4.74 Å². The van der Waals surface area contributed by atoms with Crippen LogP contribution >= 0.6 is 0 Å². The summed E-state index contributed by atoms with van der Waals surface area (Å²) >= 11 is 0. The van der Waals surface area contributed by atoms with Crippen LogP contribution in [0.4, 0.5) is 16.2 Å². The van der Waals surface area contributed by atoms with Gasteiger partial charge in [0.1, 0.15) is 12.3 Å². The van der Waals surface area contributed by atoms with Crippen molar-refractivity contribution in [3.63, 3.8) is 0 Å². The number of hydrogen-bond donors (Lipinski definition) is 0. The smallest absolute Gasteiger partial charge is 0.325 e. The molecule has 2 aromatic carbocycles. The van der Waals surface area contributed by atoms with Crippen LogP contribution in [0, 0.1) is 0 Å². The second-order valence-electron chi connectivity index (χ2n) is 6.97. The fraction of sp³-hybridized carbons (Fsp3) is 0.333. The van der Waals surface area contributed by atoms with Gasteiger partial charge in [0.15, 0.2) is 0 Å². The molecule has 1 unspecified atom stereocenters. The Morgan fingerprint density at radius 1 is 1.07 bits per heavy atom. The monoisotopic (exact) mass is 365 g/mol. The summed E-state index contributed by atoms with van der Waals surface area (Å²) in [4.78, 5) is 31.0. The number of nitrogens with zero attached hydrogens (tertiary/aromatic N) is 3. The van der Waals surface area contributed by atoms with Crippen LogP contribution < -0.4 is 14.5 Å².